The third kappa shape index (κ3) is 5.82. The van der Waals surface area contributed by atoms with Crippen LogP contribution in [0.15, 0.2) is 70.9 Å². The van der Waals surface area contributed by atoms with E-state index in [1.807, 2.05) is 65.2 Å². The van der Waals surface area contributed by atoms with Crippen molar-refractivity contribution in [1.82, 2.24) is 20.2 Å². The number of rotatable bonds is 6. The second kappa shape index (κ2) is 10.9. The number of carbonyl (C=O) groups is 1. The second-order valence-electron chi connectivity index (χ2n) is 7.61. The highest BCUT2D eigenvalue weighted by Crippen LogP contribution is 2.27. The summed E-state index contributed by atoms with van der Waals surface area (Å²) in [5.74, 6) is 0.865. The first-order chi connectivity index (χ1) is 15.3. The minimum absolute atomic E-state index is 0.122. The molecule has 3 aromatic rings. The molecule has 31 heavy (non-hydrogen) atoms. The number of aromatic nitrogens is 3. The van der Waals surface area contributed by atoms with Gasteiger partial charge in [0, 0.05) is 17.0 Å². The van der Waals surface area contributed by atoms with E-state index in [-0.39, 0.29) is 11.7 Å². The predicted molar refractivity (Wildman–Crippen MR) is 125 cm³/mol. The molecule has 1 aliphatic carbocycles. The van der Waals surface area contributed by atoms with E-state index in [2.05, 4.69) is 20.7 Å². The number of carbonyl (C=O) groups excluding carboxylic acids is 1. The van der Waals surface area contributed by atoms with Crippen LogP contribution < -0.4 is 5.43 Å². The number of hydrazone groups is 1. The lowest BCUT2D eigenvalue weighted by Gasteiger charge is -2.11. The fourth-order valence-electron chi connectivity index (χ4n) is 3.68. The molecule has 1 saturated carbocycles. The lowest BCUT2D eigenvalue weighted by Crippen LogP contribution is -2.22. The molecule has 0 saturated heterocycles. The van der Waals surface area contributed by atoms with E-state index in [1.54, 1.807) is 0 Å². The molecule has 0 atom stereocenters. The summed E-state index contributed by atoms with van der Waals surface area (Å²) in [4.78, 5) is 12.4. The zero-order valence-electron chi connectivity index (χ0n) is 17.5. The normalized spacial score (nSPS) is 14.5. The second-order valence-corrected chi connectivity index (χ2v) is 8.56. The van der Waals surface area contributed by atoms with Gasteiger partial charge >= 0.3 is 0 Å². The van der Waals surface area contributed by atoms with Crippen LogP contribution in [0.3, 0.4) is 0 Å². The Hall–Kier alpha value is -2.93. The maximum Gasteiger partial charge on any atom is 0.250 e. The summed E-state index contributed by atoms with van der Waals surface area (Å²) in [5.41, 5.74) is 5.79. The van der Waals surface area contributed by atoms with Crippen molar-refractivity contribution in [3.8, 4) is 17.1 Å². The Morgan fingerprint density at radius 1 is 0.903 bits per heavy atom. The quantitative estimate of drug-likeness (QED) is 0.426. The fraction of sp³-hybridized carbons (Fsp3) is 0.333. The van der Waals surface area contributed by atoms with Gasteiger partial charge in [-0.3, -0.25) is 9.36 Å². The number of para-hydroxylation sites is 1. The molecule has 1 fully saturated rings. The van der Waals surface area contributed by atoms with Gasteiger partial charge in [-0.05, 0) is 37.8 Å². The first kappa shape index (κ1) is 21.3. The molecular weight excluding hydrogens is 406 g/mol. The molecule has 0 spiro atoms. The van der Waals surface area contributed by atoms with Gasteiger partial charge in [-0.25, -0.2) is 5.43 Å². The van der Waals surface area contributed by atoms with Gasteiger partial charge in [0.2, 0.25) is 0 Å². The fourth-order valence-corrected chi connectivity index (χ4v) is 4.42. The van der Waals surface area contributed by atoms with Crippen LogP contribution in [-0.4, -0.2) is 32.1 Å². The van der Waals surface area contributed by atoms with Crippen LogP contribution in [0, 0.1) is 0 Å². The molecule has 0 aliphatic heterocycles. The van der Waals surface area contributed by atoms with Crippen molar-refractivity contribution in [1.29, 1.82) is 0 Å². The van der Waals surface area contributed by atoms with Crippen molar-refractivity contribution >= 4 is 23.4 Å². The maximum atomic E-state index is 12.4. The molecule has 0 unspecified atom stereocenters. The van der Waals surface area contributed by atoms with Crippen LogP contribution >= 0.6 is 11.8 Å². The minimum atomic E-state index is -0.122. The Kier molecular flexibility index (Phi) is 7.50. The van der Waals surface area contributed by atoms with Gasteiger partial charge in [0.05, 0.1) is 5.75 Å². The van der Waals surface area contributed by atoms with Gasteiger partial charge in [0.25, 0.3) is 5.91 Å². The van der Waals surface area contributed by atoms with Gasteiger partial charge < -0.3 is 0 Å². The smallest absolute Gasteiger partial charge is 0.250 e. The molecule has 1 aromatic heterocycles. The number of hydrogen-bond donors (Lipinski definition) is 1. The first-order valence-corrected chi connectivity index (χ1v) is 11.8. The Morgan fingerprint density at radius 2 is 1.55 bits per heavy atom. The summed E-state index contributed by atoms with van der Waals surface area (Å²) in [6, 6.07) is 19.9. The SMILES string of the molecule is O=C(CSc1nnc(-c2ccccc2)n1-c1ccccc1)NN=C1CCCCCCC1. The molecule has 6 nitrogen and oxygen atoms in total. The predicted octanol–water partition coefficient (Wildman–Crippen LogP) is 5.24. The molecule has 4 rings (SSSR count). The Labute approximate surface area is 187 Å². The number of amides is 1. The number of nitrogens with zero attached hydrogens (tertiary/aromatic N) is 4. The van der Waals surface area contributed by atoms with Crippen LogP contribution in [-0.2, 0) is 4.79 Å². The third-order valence-electron chi connectivity index (χ3n) is 5.28. The largest absolute Gasteiger partial charge is 0.272 e. The number of hydrogen-bond acceptors (Lipinski definition) is 5. The average molecular weight is 434 g/mol. The Bertz CT molecular complexity index is 1010. The molecule has 1 heterocycles. The molecule has 1 N–H and O–H groups in total. The molecule has 1 amide bonds. The van der Waals surface area contributed by atoms with Crippen molar-refractivity contribution in [2.75, 3.05) is 5.75 Å². The minimum Gasteiger partial charge on any atom is -0.272 e. The molecule has 0 radical (unpaired) electrons. The summed E-state index contributed by atoms with van der Waals surface area (Å²) in [5, 5.41) is 13.9. The lowest BCUT2D eigenvalue weighted by molar-refractivity contribution is -0.118. The van der Waals surface area contributed by atoms with Crippen molar-refractivity contribution in [3.63, 3.8) is 0 Å². The number of nitrogens with one attached hydrogen (secondary N) is 1. The summed E-state index contributed by atoms with van der Waals surface area (Å²) in [6.07, 6.45) is 8.09. The van der Waals surface area contributed by atoms with Gasteiger partial charge in [-0.2, -0.15) is 5.10 Å². The van der Waals surface area contributed by atoms with Crippen molar-refractivity contribution in [2.45, 2.75) is 50.1 Å². The van der Waals surface area contributed by atoms with E-state index in [1.165, 1.54) is 31.0 Å². The van der Waals surface area contributed by atoms with Crippen LogP contribution in [0.4, 0.5) is 0 Å². The van der Waals surface area contributed by atoms with Gasteiger partial charge in [0.1, 0.15) is 0 Å². The van der Waals surface area contributed by atoms with Crippen LogP contribution in [0.1, 0.15) is 44.9 Å². The van der Waals surface area contributed by atoms with Crippen molar-refractivity contribution in [2.24, 2.45) is 5.10 Å². The number of thioether (sulfide) groups is 1. The summed E-state index contributed by atoms with van der Waals surface area (Å²) in [6.45, 7) is 0. The van der Waals surface area contributed by atoms with E-state index in [9.17, 15) is 4.79 Å². The van der Waals surface area contributed by atoms with E-state index < -0.39 is 0 Å². The summed E-state index contributed by atoms with van der Waals surface area (Å²) in [7, 11) is 0. The summed E-state index contributed by atoms with van der Waals surface area (Å²) >= 11 is 1.37. The van der Waals surface area contributed by atoms with Gasteiger partial charge in [-0.1, -0.05) is 79.6 Å². The molecule has 160 valence electrons. The monoisotopic (exact) mass is 433 g/mol. The lowest BCUT2D eigenvalue weighted by atomic mass is 9.99. The Balaban J connectivity index is 1.47. The molecule has 2 aromatic carbocycles. The molecular formula is C24H27N5OS. The van der Waals surface area contributed by atoms with E-state index >= 15 is 0 Å². The Morgan fingerprint density at radius 3 is 2.26 bits per heavy atom. The van der Waals surface area contributed by atoms with Gasteiger partial charge in [-0.15, -0.1) is 10.2 Å². The van der Waals surface area contributed by atoms with Gasteiger partial charge in [0.15, 0.2) is 11.0 Å². The average Bonchev–Trinajstić information content (AvgIpc) is 3.22. The standard InChI is InChI=1S/C24H27N5OS/c30-22(26-25-20-14-8-2-1-3-9-15-20)18-31-24-28-27-23(19-12-6-4-7-13-19)29(24)21-16-10-5-11-17-21/h4-7,10-13,16-17H,1-3,8-9,14-15,18H2,(H,26,30). The zero-order valence-corrected chi connectivity index (χ0v) is 18.4. The van der Waals surface area contributed by atoms with E-state index in [0.717, 1.165) is 48.5 Å². The molecule has 0 bridgehead atoms. The molecule has 7 heteroatoms. The van der Waals surface area contributed by atoms with Crippen LogP contribution in [0.25, 0.3) is 17.1 Å². The highest BCUT2D eigenvalue weighted by molar-refractivity contribution is 7.99. The van der Waals surface area contributed by atoms with Crippen molar-refractivity contribution < 1.29 is 4.79 Å². The zero-order chi connectivity index (χ0) is 21.3. The van der Waals surface area contributed by atoms with E-state index in [4.69, 9.17) is 0 Å². The van der Waals surface area contributed by atoms with Crippen LogP contribution in [0.5, 0.6) is 0 Å². The highest BCUT2D eigenvalue weighted by atomic mass is 32.2. The van der Waals surface area contributed by atoms with Crippen LogP contribution in [0.2, 0.25) is 0 Å². The number of benzene rings is 2. The van der Waals surface area contributed by atoms with E-state index in [0.29, 0.717) is 5.16 Å². The summed E-state index contributed by atoms with van der Waals surface area (Å²) < 4.78 is 1.99. The first-order valence-electron chi connectivity index (χ1n) is 10.8. The molecule has 1 aliphatic rings. The highest BCUT2D eigenvalue weighted by Gasteiger charge is 2.17. The maximum absolute atomic E-state index is 12.4. The van der Waals surface area contributed by atoms with Crippen molar-refractivity contribution in [3.05, 3.63) is 60.7 Å². The topological polar surface area (TPSA) is 72.2 Å². The third-order valence-corrected chi connectivity index (χ3v) is 6.21.